The quantitative estimate of drug-likeness (QED) is 0.801. The van der Waals surface area contributed by atoms with Gasteiger partial charge in [0, 0.05) is 12.1 Å². The number of nitrogens with one attached hydrogen (secondary N) is 2. The van der Waals surface area contributed by atoms with Crippen LogP contribution in [0.2, 0.25) is 0 Å². The zero-order valence-corrected chi connectivity index (χ0v) is 17.6. The average molecular weight is 398 g/mol. The number of hydrogen-bond acceptors (Lipinski definition) is 5. The highest BCUT2D eigenvalue weighted by Crippen LogP contribution is 2.35. The molecule has 0 radical (unpaired) electrons. The van der Waals surface area contributed by atoms with Gasteiger partial charge in [0.1, 0.15) is 12.4 Å². The van der Waals surface area contributed by atoms with Crippen molar-refractivity contribution in [1.82, 2.24) is 15.2 Å². The van der Waals surface area contributed by atoms with Crippen molar-refractivity contribution in [2.24, 2.45) is 5.10 Å². The van der Waals surface area contributed by atoms with E-state index in [1.165, 1.54) is 0 Å². The number of aryl methyl sites for hydroxylation is 2. The molecule has 1 aromatic rings. The molecular weight excluding hydrogens is 366 g/mol. The lowest BCUT2D eigenvalue weighted by Gasteiger charge is -2.51. The fourth-order valence-electron chi connectivity index (χ4n) is 5.01. The Labute approximate surface area is 172 Å². The minimum absolute atomic E-state index is 0.0420. The van der Waals surface area contributed by atoms with Crippen LogP contribution < -0.4 is 10.7 Å². The van der Waals surface area contributed by atoms with Gasteiger partial charge in [-0.3, -0.25) is 15.0 Å². The van der Waals surface area contributed by atoms with Crippen LogP contribution >= 0.6 is 0 Å². The summed E-state index contributed by atoms with van der Waals surface area (Å²) < 4.78 is 0. The number of carbonyl (C=O) groups excluding carboxylic acids is 2. The molecule has 2 aliphatic heterocycles. The summed E-state index contributed by atoms with van der Waals surface area (Å²) in [6.45, 7) is 6.19. The van der Waals surface area contributed by atoms with Gasteiger partial charge in [0.25, 0.3) is 5.91 Å². The number of hydrogen-bond donors (Lipinski definition) is 2. The Balaban J connectivity index is 1.53. The van der Waals surface area contributed by atoms with Crippen molar-refractivity contribution in [3.05, 3.63) is 29.3 Å². The topological polar surface area (TPSA) is 77.0 Å². The highest BCUT2D eigenvalue weighted by atomic mass is 16.2. The Kier molecular flexibility index (Phi) is 5.48. The molecule has 7 nitrogen and oxygen atoms in total. The third-order valence-electron chi connectivity index (χ3n) is 6.39. The van der Waals surface area contributed by atoms with Gasteiger partial charge in [-0.2, -0.15) is 5.10 Å². The van der Waals surface area contributed by atoms with Crippen molar-refractivity contribution in [3.63, 3.8) is 0 Å². The van der Waals surface area contributed by atoms with Gasteiger partial charge in [-0.25, -0.2) is 0 Å². The van der Waals surface area contributed by atoms with Gasteiger partial charge in [-0.1, -0.05) is 38.0 Å². The van der Waals surface area contributed by atoms with Crippen molar-refractivity contribution >= 4 is 23.3 Å². The number of nitrogens with zero attached hydrogens (tertiary/aromatic N) is 3. The largest absolute Gasteiger partial charge is 0.325 e. The first-order valence-electron chi connectivity index (χ1n) is 10.8. The van der Waals surface area contributed by atoms with Crippen LogP contribution in [-0.4, -0.2) is 52.2 Å². The SMILES string of the molecule is CCCC1=NNC2C(=O)N(CC(=O)Nc3c(C)cccc3C)C3CCCCC3N12. The number of anilines is 1. The molecule has 0 spiro atoms. The van der Waals surface area contributed by atoms with Crippen molar-refractivity contribution in [3.8, 4) is 0 Å². The predicted octanol–water partition coefficient (Wildman–Crippen LogP) is 2.74. The standard InChI is InChI=1S/C22H31N5O2/c1-4-8-18-24-25-21-22(29)26(16-11-5-6-12-17(16)27(18)21)13-19(28)23-20-14(2)9-7-10-15(20)3/h7,9-10,16-17,21,25H,4-6,8,11-13H2,1-3H3,(H,23,28). The van der Waals surface area contributed by atoms with Crippen LogP contribution in [0.3, 0.4) is 0 Å². The van der Waals surface area contributed by atoms with Crippen molar-refractivity contribution in [1.29, 1.82) is 0 Å². The maximum absolute atomic E-state index is 13.3. The Morgan fingerprint density at radius 3 is 2.59 bits per heavy atom. The minimum atomic E-state index is -0.469. The zero-order valence-electron chi connectivity index (χ0n) is 17.6. The normalized spacial score (nSPS) is 25.8. The highest BCUT2D eigenvalue weighted by molar-refractivity contribution is 5.98. The van der Waals surface area contributed by atoms with E-state index in [4.69, 9.17) is 0 Å². The molecule has 0 bridgehead atoms. The number of fused-ring (bicyclic) bond motifs is 3. The smallest absolute Gasteiger partial charge is 0.268 e. The van der Waals surface area contributed by atoms with E-state index in [1.807, 2.05) is 32.0 Å². The molecule has 4 rings (SSSR count). The van der Waals surface area contributed by atoms with Crippen LogP contribution in [0.25, 0.3) is 0 Å². The maximum Gasteiger partial charge on any atom is 0.268 e. The van der Waals surface area contributed by atoms with E-state index in [2.05, 4.69) is 27.7 Å². The van der Waals surface area contributed by atoms with Crippen molar-refractivity contribution < 1.29 is 9.59 Å². The van der Waals surface area contributed by atoms with Gasteiger partial charge in [0.05, 0.1) is 12.1 Å². The van der Waals surface area contributed by atoms with Gasteiger partial charge in [0.15, 0.2) is 6.17 Å². The lowest BCUT2D eigenvalue weighted by Crippen LogP contribution is -2.69. The molecule has 2 amide bonds. The first kappa shape index (κ1) is 19.7. The maximum atomic E-state index is 13.3. The Hall–Kier alpha value is -2.57. The predicted molar refractivity (Wildman–Crippen MR) is 113 cm³/mol. The van der Waals surface area contributed by atoms with E-state index in [0.29, 0.717) is 0 Å². The molecule has 2 N–H and O–H groups in total. The van der Waals surface area contributed by atoms with Crippen LogP contribution in [0.4, 0.5) is 5.69 Å². The van der Waals surface area contributed by atoms with Gasteiger partial charge in [-0.15, -0.1) is 0 Å². The van der Waals surface area contributed by atoms with Crippen LogP contribution in [-0.2, 0) is 9.59 Å². The molecule has 1 saturated heterocycles. The van der Waals surface area contributed by atoms with Gasteiger partial charge in [0.2, 0.25) is 5.91 Å². The summed E-state index contributed by atoms with van der Waals surface area (Å²) in [6.07, 6.45) is 5.62. The number of amidine groups is 1. The number of rotatable bonds is 5. The molecule has 3 aliphatic rings. The fraction of sp³-hybridized carbons (Fsp3) is 0.591. The summed E-state index contributed by atoms with van der Waals surface area (Å²) in [5, 5.41) is 7.50. The van der Waals surface area contributed by atoms with E-state index >= 15 is 0 Å². The molecule has 0 aromatic heterocycles. The summed E-state index contributed by atoms with van der Waals surface area (Å²) in [7, 11) is 0. The monoisotopic (exact) mass is 397 g/mol. The molecule has 1 aromatic carbocycles. The number of piperazine rings is 1. The molecule has 3 unspecified atom stereocenters. The fourth-order valence-corrected chi connectivity index (χ4v) is 5.01. The van der Waals surface area contributed by atoms with Gasteiger partial charge in [-0.05, 0) is 44.2 Å². The van der Waals surface area contributed by atoms with Gasteiger partial charge < -0.3 is 15.1 Å². The molecule has 1 saturated carbocycles. The molecule has 29 heavy (non-hydrogen) atoms. The third kappa shape index (κ3) is 3.58. The first-order chi connectivity index (χ1) is 14.0. The Morgan fingerprint density at radius 1 is 1.21 bits per heavy atom. The first-order valence-corrected chi connectivity index (χ1v) is 10.8. The lowest BCUT2D eigenvalue weighted by molar-refractivity contribution is -0.151. The molecule has 156 valence electrons. The Morgan fingerprint density at radius 2 is 1.90 bits per heavy atom. The molecule has 1 aliphatic carbocycles. The van der Waals surface area contributed by atoms with Crippen LogP contribution in [0, 0.1) is 13.8 Å². The number of hydrazone groups is 1. The second-order valence-corrected chi connectivity index (χ2v) is 8.42. The second-order valence-electron chi connectivity index (χ2n) is 8.42. The van der Waals surface area contributed by atoms with E-state index in [9.17, 15) is 9.59 Å². The average Bonchev–Trinajstić information content (AvgIpc) is 3.12. The van der Waals surface area contributed by atoms with E-state index in [1.54, 1.807) is 4.90 Å². The summed E-state index contributed by atoms with van der Waals surface area (Å²) >= 11 is 0. The van der Waals surface area contributed by atoms with E-state index in [0.717, 1.165) is 61.2 Å². The van der Waals surface area contributed by atoms with Crippen molar-refractivity contribution in [2.75, 3.05) is 11.9 Å². The number of para-hydroxylation sites is 1. The molecule has 2 heterocycles. The summed E-state index contributed by atoms with van der Waals surface area (Å²) in [6, 6.07) is 6.25. The second kappa shape index (κ2) is 8.05. The number of amides is 2. The molecule has 2 fully saturated rings. The third-order valence-corrected chi connectivity index (χ3v) is 6.39. The summed E-state index contributed by atoms with van der Waals surface area (Å²) in [5.41, 5.74) is 5.94. The molecule has 7 heteroatoms. The summed E-state index contributed by atoms with van der Waals surface area (Å²) in [5.74, 6) is 0.809. The van der Waals surface area contributed by atoms with Gasteiger partial charge >= 0.3 is 0 Å². The minimum Gasteiger partial charge on any atom is -0.325 e. The molecular formula is C22H31N5O2. The zero-order chi connectivity index (χ0) is 20.5. The van der Waals surface area contributed by atoms with Crippen LogP contribution in [0.5, 0.6) is 0 Å². The van der Waals surface area contributed by atoms with E-state index in [-0.39, 0.29) is 30.4 Å². The highest BCUT2D eigenvalue weighted by Gasteiger charge is 2.50. The molecule has 3 atom stereocenters. The number of benzene rings is 1. The van der Waals surface area contributed by atoms with Crippen molar-refractivity contribution in [2.45, 2.75) is 77.5 Å². The summed E-state index contributed by atoms with van der Waals surface area (Å²) in [4.78, 5) is 30.2. The lowest BCUT2D eigenvalue weighted by atomic mass is 9.85. The Bertz CT molecular complexity index is 816. The van der Waals surface area contributed by atoms with Crippen LogP contribution in [0.15, 0.2) is 23.3 Å². The number of carbonyl (C=O) groups is 2. The van der Waals surface area contributed by atoms with Crippen LogP contribution in [0.1, 0.15) is 56.6 Å². The van der Waals surface area contributed by atoms with E-state index < -0.39 is 6.17 Å².